The Balaban J connectivity index is 2.26. The minimum Gasteiger partial charge on any atom is -0.315 e. The smallest absolute Gasteiger partial charge is 0.0365 e. The third-order valence-electron chi connectivity index (χ3n) is 5.55. The second-order valence-corrected chi connectivity index (χ2v) is 6.45. The van der Waals surface area contributed by atoms with E-state index in [0.717, 1.165) is 19.5 Å². The lowest BCUT2D eigenvalue weighted by molar-refractivity contribution is 0.0658. The van der Waals surface area contributed by atoms with Crippen LogP contribution in [0.4, 0.5) is 0 Å². The molecular weight excluding hydrogens is 256 g/mol. The zero-order valence-electron chi connectivity index (χ0n) is 14.3. The number of nitrogens with zero attached hydrogens (tertiary/aromatic N) is 1. The summed E-state index contributed by atoms with van der Waals surface area (Å²) in [5, 5.41) is 3.67. The first kappa shape index (κ1) is 16.5. The fraction of sp³-hybridized carbons (Fsp3) is 0.684. The van der Waals surface area contributed by atoms with Crippen molar-refractivity contribution in [3.05, 3.63) is 35.4 Å². The Morgan fingerprint density at radius 3 is 2.29 bits per heavy atom. The molecule has 21 heavy (non-hydrogen) atoms. The summed E-state index contributed by atoms with van der Waals surface area (Å²) in [6.45, 7) is 9.17. The molecule has 2 heteroatoms. The van der Waals surface area contributed by atoms with Crippen LogP contribution in [0.5, 0.6) is 0 Å². The van der Waals surface area contributed by atoms with Crippen LogP contribution in [0.2, 0.25) is 0 Å². The molecule has 0 spiro atoms. The summed E-state index contributed by atoms with van der Waals surface area (Å²) in [5.74, 6) is 0. The van der Waals surface area contributed by atoms with Crippen molar-refractivity contribution < 1.29 is 0 Å². The standard InChI is InChI=1S/C19H32N2/c1-5-21(6-2)19(13-9-10-14-19)18(20-4)15-17-12-8-7-11-16(17)3/h7-8,11-12,18,20H,5-6,9-10,13-15H2,1-4H3. The molecule has 1 aliphatic rings. The average molecular weight is 288 g/mol. The van der Waals surface area contributed by atoms with Crippen molar-refractivity contribution in [2.75, 3.05) is 20.1 Å². The Morgan fingerprint density at radius 2 is 1.76 bits per heavy atom. The molecule has 0 aliphatic heterocycles. The van der Waals surface area contributed by atoms with Gasteiger partial charge in [-0.1, -0.05) is 51.0 Å². The van der Waals surface area contributed by atoms with Crippen molar-refractivity contribution in [3.63, 3.8) is 0 Å². The Morgan fingerprint density at radius 1 is 1.14 bits per heavy atom. The zero-order valence-corrected chi connectivity index (χ0v) is 14.3. The fourth-order valence-corrected chi connectivity index (χ4v) is 4.35. The molecule has 0 bridgehead atoms. The molecule has 118 valence electrons. The zero-order chi connectivity index (χ0) is 15.3. The highest BCUT2D eigenvalue weighted by Crippen LogP contribution is 2.39. The van der Waals surface area contributed by atoms with Gasteiger partial charge in [-0.05, 0) is 57.5 Å². The van der Waals surface area contributed by atoms with Crippen LogP contribution in [0, 0.1) is 6.92 Å². The maximum atomic E-state index is 3.67. The molecular formula is C19H32N2. The highest BCUT2D eigenvalue weighted by molar-refractivity contribution is 5.27. The van der Waals surface area contributed by atoms with Gasteiger partial charge in [-0.3, -0.25) is 4.90 Å². The molecule has 1 unspecified atom stereocenters. The van der Waals surface area contributed by atoms with Gasteiger partial charge in [0.05, 0.1) is 0 Å². The van der Waals surface area contributed by atoms with E-state index in [1.54, 1.807) is 0 Å². The number of benzene rings is 1. The number of nitrogens with one attached hydrogen (secondary N) is 1. The van der Waals surface area contributed by atoms with Gasteiger partial charge in [0.25, 0.3) is 0 Å². The SMILES string of the molecule is CCN(CC)C1(C(Cc2ccccc2C)NC)CCCC1. The van der Waals surface area contributed by atoms with Crippen LogP contribution >= 0.6 is 0 Å². The van der Waals surface area contributed by atoms with Gasteiger partial charge in [0.15, 0.2) is 0 Å². The van der Waals surface area contributed by atoms with Gasteiger partial charge in [-0.2, -0.15) is 0 Å². The van der Waals surface area contributed by atoms with Crippen molar-refractivity contribution >= 4 is 0 Å². The summed E-state index contributed by atoms with van der Waals surface area (Å²) in [6.07, 6.45) is 6.57. The van der Waals surface area contributed by atoms with E-state index in [2.05, 4.69) is 62.3 Å². The largest absolute Gasteiger partial charge is 0.315 e. The van der Waals surface area contributed by atoms with Crippen LogP contribution in [0.25, 0.3) is 0 Å². The molecule has 1 atom stereocenters. The highest BCUT2D eigenvalue weighted by atomic mass is 15.2. The minimum atomic E-state index is 0.348. The Hall–Kier alpha value is -0.860. The molecule has 0 saturated heterocycles. The van der Waals surface area contributed by atoms with Gasteiger partial charge in [-0.25, -0.2) is 0 Å². The summed E-state index contributed by atoms with van der Waals surface area (Å²) < 4.78 is 0. The number of hydrogen-bond donors (Lipinski definition) is 1. The Kier molecular flexibility index (Phi) is 5.83. The number of likely N-dealkylation sites (N-methyl/N-ethyl adjacent to an activating group) is 2. The fourth-order valence-electron chi connectivity index (χ4n) is 4.35. The van der Waals surface area contributed by atoms with Crippen LogP contribution in [-0.2, 0) is 6.42 Å². The first-order chi connectivity index (χ1) is 10.2. The molecule has 1 saturated carbocycles. The first-order valence-electron chi connectivity index (χ1n) is 8.64. The van der Waals surface area contributed by atoms with Crippen molar-refractivity contribution in [1.29, 1.82) is 0 Å². The Bertz CT molecular complexity index is 431. The number of hydrogen-bond acceptors (Lipinski definition) is 2. The van der Waals surface area contributed by atoms with E-state index >= 15 is 0 Å². The van der Waals surface area contributed by atoms with Gasteiger partial charge < -0.3 is 5.32 Å². The van der Waals surface area contributed by atoms with E-state index in [0.29, 0.717) is 11.6 Å². The second kappa shape index (κ2) is 7.42. The van der Waals surface area contributed by atoms with Crippen LogP contribution in [0.3, 0.4) is 0 Å². The molecule has 1 aromatic carbocycles. The van der Waals surface area contributed by atoms with Crippen molar-refractivity contribution in [2.45, 2.75) is 64.5 Å². The second-order valence-electron chi connectivity index (χ2n) is 6.45. The molecule has 0 aromatic heterocycles. The predicted molar refractivity (Wildman–Crippen MR) is 91.9 cm³/mol. The van der Waals surface area contributed by atoms with Crippen molar-refractivity contribution in [1.82, 2.24) is 10.2 Å². The van der Waals surface area contributed by atoms with Gasteiger partial charge in [0, 0.05) is 11.6 Å². The molecule has 0 heterocycles. The van der Waals surface area contributed by atoms with Gasteiger partial charge in [0.1, 0.15) is 0 Å². The van der Waals surface area contributed by atoms with E-state index in [-0.39, 0.29) is 0 Å². The lowest BCUT2D eigenvalue weighted by atomic mass is 9.81. The maximum Gasteiger partial charge on any atom is 0.0365 e. The molecule has 2 rings (SSSR count). The number of aryl methyl sites for hydroxylation is 1. The van der Waals surface area contributed by atoms with E-state index in [9.17, 15) is 0 Å². The lowest BCUT2D eigenvalue weighted by Crippen LogP contribution is -2.60. The lowest BCUT2D eigenvalue weighted by Gasteiger charge is -2.46. The number of rotatable bonds is 7. The van der Waals surface area contributed by atoms with Crippen LogP contribution in [0.15, 0.2) is 24.3 Å². The average Bonchev–Trinajstić information content (AvgIpc) is 2.98. The Labute approximate surface area is 130 Å². The van der Waals surface area contributed by atoms with Crippen LogP contribution in [0.1, 0.15) is 50.7 Å². The van der Waals surface area contributed by atoms with E-state index < -0.39 is 0 Å². The van der Waals surface area contributed by atoms with E-state index in [4.69, 9.17) is 0 Å². The monoisotopic (exact) mass is 288 g/mol. The molecule has 1 N–H and O–H groups in total. The highest BCUT2D eigenvalue weighted by Gasteiger charge is 2.44. The summed E-state index contributed by atoms with van der Waals surface area (Å²) in [6, 6.07) is 9.39. The third kappa shape index (κ3) is 3.32. The van der Waals surface area contributed by atoms with Crippen LogP contribution < -0.4 is 5.32 Å². The van der Waals surface area contributed by atoms with E-state index in [1.165, 1.54) is 36.8 Å². The van der Waals surface area contributed by atoms with Gasteiger partial charge in [0.2, 0.25) is 0 Å². The maximum absolute atomic E-state index is 3.67. The third-order valence-corrected chi connectivity index (χ3v) is 5.55. The van der Waals surface area contributed by atoms with Crippen molar-refractivity contribution in [3.8, 4) is 0 Å². The van der Waals surface area contributed by atoms with Crippen LogP contribution in [-0.4, -0.2) is 36.6 Å². The summed E-state index contributed by atoms with van der Waals surface area (Å²) in [7, 11) is 2.15. The summed E-state index contributed by atoms with van der Waals surface area (Å²) >= 11 is 0. The normalized spacial score (nSPS) is 19.1. The minimum absolute atomic E-state index is 0.348. The molecule has 0 radical (unpaired) electrons. The van der Waals surface area contributed by atoms with Gasteiger partial charge in [-0.15, -0.1) is 0 Å². The first-order valence-corrected chi connectivity index (χ1v) is 8.64. The topological polar surface area (TPSA) is 15.3 Å². The molecule has 1 fully saturated rings. The summed E-state index contributed by atoms with van der Waals surface area (Å²) in [5.41, 5.74) is 3.27. The quantitative estimate of drug-likeness (QED) is 0.821. The van der Waals surface area contributed by atoms with E-state index in [1.807, 2.05) is 0 Å². The molecule has 0 amide bonds. The van der Waals surface area contributed by atoms with Gasteiger partial charge >= 0.3 is 0 Å². The summed E-state index contributed by atoms with van der Waals surface area (Å²) in [4.78, 5) is 2.71. The predicted octanol–water partition coefficient (Wildman–Crippen LogP) is 3.78. The molecule has 2 nitrogen and oxygen atoms in total. The molecule has 1 aliphatic carbocycles. The molecule has 1 aromatic rings. The van der Waals surface area contributed by atoms with Crippen molar-refractivity contribution in [2.24, 2.45) is 0 Å².